The summed E-state index contributed by atoms with van der Waals surface area (Å²) in [6, 6.07) is 4.46. The maximum atomic E-state index is 13.6. The third-order valence-electron chi connectivity index (χ3n) is 6.13. The average Bonchev–Trinajstić information content (AvgIpc) is 2.99. The van der Waals surface area contributed by atoms with E-state index in [1.165, 1.54) is 5.01 Å². The average molecular weight is 533 g/mol. The van der Waals surface area contributed by atoms with Crippen molar-refractivity contribution in [2.75, 3.05) is 13.2 Å². The molecule has 206 valence electrons. The number of nitrogens with one attached hydrogen (secondary N) is 2. The summed E-state index contributed by atoms with van der Waals surface area (Å²) in [4.78, 5) is 76.9. The van der Waals surface area contributed by atoms with Crippen LogP contribution >= 0.6 is 0 Å². The molecule has 0 saturated carbocycles. The molecule has 3 rings (SSSR count). The fourth-order valence-corrected chi connectivity index (χ4v) is 4.39. The van der Waals surface area contributed by atoms with Crippen LogP contribution in [0.5, 0.6) is 0 Å². The lowest BCUT2D eigenvalue weighted by Gasteiger charge is -2.43. The Morgan fingerprint density at radius 2 is 1.79 bits per heavy atom. The molecule has 2 aliphatic rings. The van der Waals surface area contributed by atoms with Crippen molar-refractivity contribution in [3.8, 4) is 0 Å². The number of carbonyl (C=O) groups is 6. The molecule has 0 aliphatic carbocycles. The van der Waals surface area contributed by atoms with Gasteiger partial charge in [0.1, 0.15) is 30.4 Å². The quantitative estimate of drug-likeness (QED) is 0.477. The minimum atomic E-state index is -1.51. The van der Waals surface area contributed by atoms with Gasteiger partial charge in [0.25, 0.3) is 11.8 Å². The molecule has 2 aliphatic heterocycles. The molecule has 0 radical (unpaired) electrons. The number of ketones is 1. The number of carbonyl (C=O) groups excluding carboxylic acids is 6. The molecule has 11 nitrogen and oxygen atoms in total. The second kappa shape index (κ2) is 12.1. The van der Waals surface area contributed by atoms with Gasteiger partial charge in [-0.25, -0.2) is 9.40 Å². The number of esters is 1. The number of hydrogen-bond donors (Lipinski definition) is 2. The summed E-state index contributed by atoms with van der Waals surface area (Å²) in [5, 5.41) is 7.23. The molecule has 1 aromatic rings. The van der Waals surface area contributed by atoms with Gasteiger partial charge >= 0.3 is 5.97 Å². The van der Waals surface area contributed by atoms with Gasteiger partial charge in [-0.3, -0.25) is 33.8 Å². The first-order chi connectivity index (χ1) is 17.9. The highest BCUT2D eigenvalue weighted by Gasteiger charge is 2.45. The Morgan fingerprint density at radius 3 is 2.42 bits per heavy atom. The minimum absolute atomic E-state index is 0.0298. The third-order valence-corrected chi connectivity index (χ3v) is 6.13. The topological polar surface area (TPSA) is 142 Å². The number of Topliss-reactive ketones (excluding diaryl/α,β-unsaturated/α-hetero) is 1. The molecule has 4 amide bonds. The largest absolute Gasteiger partial charge is 0.460 e. The van der Waals surface area contributed by atoms with Crippen LogP contribution in [-0.2, 0) is 28.7 Å². The van der Waals surface area contributed by atoms with Crippen LogP contribution in [0.4, 0.5) is 4.39 Å². The van der Waals surface area contributed by atoms with Crippen LogP contribution in [0, 0.1) is 0 Å². The van der Waals surface area contributed by atoms with Crippen molar-refractivity contribution >= 4 is 35.4 Å². The monoisotopic (exact) mass is 532 g/mol. The number of hydrogen-bond acceptors (Lipinski definition) is 7. The summed E-state index contributed by atoms with van der Waals surface area (Å²) in [6.45, 7) is 3.65. The van der Waals surface area contributed by atoms with E-state index in [9.17, 15) is 33.2 Å². The van der Waals surface area contributed by atoms with Crippen molar-refractivity contribution in [2.45, 2.75) is 76.6 Å². The van der Waals surface area contributed by atoms with E-state index in [-0.39, 0.29) is 25.8 Å². The van der Waals surface area contributed by atoms with Gasteiger partial charge in [0, 0.05) is 18.5 Å². The molecule has 3 atom stereocenters. The Kier molecular flexibility index (Phi) is 9.18. The first-order valence-corrected chi connectivity index (χ1v) is 12.5. The van der Waals surface area contributed by atoms with Gasteiger partial charge in [0.15, 0.2) is 5.78 Å². The molecule has 12 heteroatoms. The molecular weight excluding hydrogens is 499 g/mol. The lowest BCUT2D eigenvalue weighted by molar-refractivity contribution is -0.176. The van der Waals surface area contributed by atoms with Crippen LogP contribution in [-0.4, -0.2) is 82.3 Å². The second-order valence-corrected chi connectivity index (χ2v) is 10.2. The standard InChI is InChI=1S/C26H33FN4O7/c1-26(2,3)38-22(34)14-18(20(32)15-27)29-24(36)19-10-7-13-30-21(33)12-11-17(25(37)31(19)30)28-23(35)16-8-5-4-6-9-16/h4-6,8-9,17-19H,7,10-15H2,1-3H3,(H,28,35)(H,29,36). The van der Waals surface area contributed by atoms with Crippen LogP contribution in [0.2, 0.25) is 0 Å². The summed E-state index contributed by atoms with van der Waals surface area (Å²) in [7, 11) is 0. The van der Waals surface area contributed by atoms with E-state index in [1.807, 2.05) is 0 Å². The van der Waals surface area contributed by atoms with E-state index in [1.54, 1.807) is 51.1 Å². The predicted octanol–water partition coefficient (Wildman–Crippen LogP) is 1.07. The number of hydrazine groups is 1. The van der Waals surface area contributed by atoms with Crippen molar-refractivity contribution in [1.29, 1.82) is 0 Å². The molecule has 0 spiro atoms. The molecule has 38 heavy (non-hydrogen) atoms. The summed E-state index contributed by atoms with van der Waals surface area (Å²) < 4.78 is 18.4. The van der Waals surface area contributed by atoms with Crippen LogP contribution in [0.25, 0.3) is 0 Å². The zero-order valence-corrected chi connectivity index (χ0v) is 21.7. The van der Waals surface area contributed by atoms with E-state index < -0.39 is 72.2 Å². The Balaban J connectivity index is 1.80. The highest BCUT2D eigenvalue weighted by atomic mass is 19.1. The Bertz CT molecular complexity index is 1090. The Labute approximate surface area is 220 Å². The Morgan fingerprint density at radius 1 is 1.11 bits per heavy atom. The zero-order chi connectivity index (χ0) is 28.0. The van der Waals surface area contributed by atoms with Gasteiger partial charge in [-0.2, -0.15) is 0 Å². The number of alkyl halides is 1. The molecule has 2 heterocycles. The first-order valence-electron chi connectivity index (χ1n) is 12.5. The zero-order valence-electron chi connectivity index (χ0n) is 21.7. The van der Waals surface area contributed by atoms with Crippen molar-refractivity contribution in [2.24, 2.45) is 0 Å². The van der Waals surface area contributed by atoms with Crippen LogP contribution in [0.3, 0.4) is 0 Å². The summed E-state index contributed by atoms with van der Waals surface area (Å²) >= 11 is 0. The summed E-state index contributed by atoms with van der Waals surface area (Å²) in [5.74, 6) is -4.20. The van der Waals surface area contributed by atoms with E-state index in [0.29, 0.717) is 12.0 Å². The highest BCUT2D eigenvalue weighted by molar-refractivity contribution is 6.00. The SMILES string of the molecule is CC(C)(C)OC(=O)CC(NC(=O)C1CCCN2C(=O)CCC(NC(=O)c3ccccc3)C(=O)N12)C(=O)CF. The fourth-order valence-electron chi connectivity index (χ4n) is 4.39. The molecule has 3 unspecified atom stereocenters. The van der Waals surface area contributed by atoms with Crippen LogP contribution in [0.15, 0.2) is 30.3 Å². The van der Waals surface area contributed by atoms with Gasteiger partial charge in [0.2, 0.25) is 11.8 Å². The van der Waals surface area contributed by atoms with Crippen molar-refractivity contribution < 1.29 is 37.9 Å². The van der Waals surface area contributed by atoms with E-state index in [0.717, 1.165) is 5.01 Å². The summed E-state index contributed by atoms with van der Waals surface area (Å²) in [6.07, 6.45) is -0.0337. The molecule has 2 fully saturated rings. The maximum Gasteiger partial charge on any atom is 0.308 e. The maximum absolute atomic E-state index is 13.6. The lowest BCUT2D eigenvalue weighted by atomic mass is 10.0. The van der Waals surface area contributed by atoms with Crippen molar-refractivity contribution in [1.82, 2.24) is 20.7 Å². The minimum Gasteiger partial charge on any atom is -0.460 e. The number of nitrogens with zero attached hydrogens (tertiary/aromatic N) is 2. The van der Waals surface area contributed by atoms with Gasteiger partial charge in [-0.05, 0) is 52.2 Å². The number of benzene rings is 1. The van der Waals surface area contributed by atoms with Crippen LogP contribution < -0.4 is 10.6 Å². The molecule has 2 saturated heterocycles. The number of fused-ring (bicyclic) bond motifs is 1. The highest BCUT2D eigenvalue weighted by Crippen LogP contribution is 2.25. The normalized spacial score (nSPS) is 20.6. The van der Waals surface area contributed by atoms with E-state index in [4.69, 9.17) is 4.74 Å². The summed E-state index contributed by atoms with van der Waals surface area (Å²) in [5.41, 5.74) is -0.526. The van der Waals surface area contributed by atoms with Gasteiger partial charge in [0.05, 0.1) is 6.42 Å². The number of amides is 4. The van der Waals surface area contributed by atoms with Crippen LogP contribution in [0.1, 0.15) is 63.2 Å². The Hall–Kier alpha value is -3.83. The number of ether oxygens (including phenoxy) is 1. The number of halogens is 1. The smallest absolute Gasteiger partial charge is 0.308 e. The lowest BCUT2D eigenvalue weighted by Crippen LogP contribution is -2.64. The molecule has 1 aromatic carbocycles. The molecule has 0 bridgehead atoms. The van der Waals surface area contributed by atoms with E-state index >= 15 is 0 Å². The van der Waals surface area contributed by atoms with Gasteiger partial charge in [-0.1, -0.05) is 18.2 Å². The fraction of sp³-hybridized carbons (Fsp3) is 0.538. The molecular formula is C26H33FN4O7. The van der Waals surface area contributed by atoms with Gasteiger partial charge < -0.3 is 15.4 Å². The first kappa shape index (κ1) is 28.7. The molecule has 2 N–H and O–H groups in total. The van der Waals surface area contributed by atoms with Crippen molar-refractivity contribution in [3.63, 3.8) is 0 Å². The molecule has 0 aromatic heterocycles. The second-order valence-electron chi connectivity index (χ2n) is 10.2. The van der Waals surface area contributed by atoms with E-state index in [2.05, 4.69) is 10.6 Å². The predicted molar refractivity (Wildman–Crippen MR) is 132 cm³/mol. The van der Waals surface area contributed by atoms with Gasteiger partial charge in [-0.15, -0.1) is 0 Å². The van der Waals surface area contributed by atoms with Crippen molar-refractivity contribution in [3.05, 3.63) is 35.9 Å². The number of rotatable bonds is 8. The third kappa shape index (κ3) is 7.14.